The summed E-state index contributed by atoms with van der Waals surface area (Å²) >= 11 is 0. The summed E-state index contributed by atoms with van der Waals surface area (Å²) in [5.74, 6) is 1.23. The Bertz CT molecular complexity index is 787. The zero-order chi connectivity index (χ0) is 18.7. The minimum Gasteiger partial charge on any atom is -0.444 e. The van der Waals surface area contributed by atoms with E-state index in [1.807, 2.05) is 39.0 Å². The fourth-order valence-corrected chi connectivity index (χ4v) is 3.15. The highest BCUT2D eigenvalue weighted by atomic mass is 16.6. The van der Waals surface area contributed by atoms with Crippen LogP contribution in [0.15, 0.2) is 24.4 Å². The minimum atomic E-state index is -0.479. The molecule has 0 bridgehead atoms. The SMILES string of the molecule is CC(C)(C)OC(=O)NC[C@H]1CCCN(c2cnc3cc(N)ccc3n2)C1. The Morgan fingerprint density at radius 3 is 2.96 bits per heavy atom. The van der Waals surface area contributed by atoms with E-state index in [1.54, 1.807) is 6.20 Å². The molecule has 3 N–H and O–H groups in total. The summed E-state index contributed by atoms with van der Waals surface area (Å²) in [6.45, 7) is 7.97. The number of nitrogen functional groups attached to an aromatic ring is 1. The lowest BCUT2D eigenvalue weighted by atomic mass is 9.98. The Labute approximate surface area is 153 Å². The molecule has 1 atom stereocenters. The van der Waals surface area contributed by atoms with Crippen LogP contribution >= 0.6 is 0 Å². The Hall–Kier alpha value is -2.57. The van der Waals surface area contributed by atoms with Crippen molar-refractivity contribution in [3.63, 3.8) is 0 Å². The molecular formula is C19H27N5O2. The van der Waals surface area contributed by atoms with Crippen molar-refractivity contribution in [2.24, 2.45) is 5.92 Å². The topological polar surface area (TPSA) is 93.4 Å². The molecule has 0 radical (unpaired) electrons. The zero-order valence-electron chi connectivity index (χ0n) is 15.7. The molecule has 2 aromatic rings. The summed E-state index contributed by atoms with van der Waals surface area (Å²) in [6, 6.07) is 5.56. The van der Waals surface area contributed by atoms with E-state index in [0.29, 0.717) is 18.2 Å². The molecule has 0 unspecified atom stereocenters. The van der Waals surface area contributed by atoms with Crippen LogP contribution in [0.5, 0.6) is 0 Å². The van der Waals surface area contributed by atoms with Gasteiger partial charge in [0.15, 0.2) is 0 Å². The number of carbonyl (C=O) groups is 1. The average Bonchev–Trinajstić information content (AvgIpc) is 2.58. The number of piperidine rings is 1. The summed E-state index contributed by atoms with van der Waals surface area (Å²) in [6.07, 6.45) is 3.56. The van der Waals surface area contributed by atoms with Gasteiger partial charge in [0, 0.05) is 25.3 Å². The molecule has 1 fully saturated rings. The van der Waals surface area contributed by atoms with Gasteiger partial charge in [-0.3, -0.25) is 4.98 Å². The number of nitrogens with two attached hydrogens (primary N) is 1. The van der Waals surface area contributed by atoms with Gasteiger partial charge in [0.1, 0.15) is 11.4 Å². The standard InChI is InChI=1S/C19H27N5O2/c1-19(2,3)26-18(25)22-10-13-5-4-8-24(12-13)17-11-21-16-9-14(20)6-7-15(16)23-17/h6-7,9,11,13H,4-5,8,10,12,20H2,1-3H3,(H,22,25)/t13-/m1/s1. The lowest BCUT2D eigenvalue weighted by Crippen LogP contribution is -2.42. The Morgan fingerprint density at radius 2 is 2.19 bits per heavy atom. The number of benzene rings is 1. The fraction of sp³-hybridized carbons (Fsp3) is 0.526. The van der Waals surface area contributed by atoms with Crippen LogP contribution in [0.3, 0.4) is 0 Å². The van der Waals surface area contributed by atoms with Gasteiger partial charge in [0.2, 0.25) is 0 Å². The predicted molar refractivity (Wildman–Crippen MR) is 103 cm³/mol. The van der Waals surface area contributed by atoms with E-state index in [0.717, 1.165) is 42.8 Å². The number of fused-ring (bicyclic) bond motifs is 1. The van der Waals surface area contributed by atoms with Crippen LogP contribution in [0.1, 0.15) is 33.6 Å². The number of ether oxygens (including phenoxy) is 1. The number of hydrogen-bond donors (Lipinski definition) is 2. The summed E-state index contributed by atoms with van der Waals surface area (Å²) in [5, 5.41) is 2.88. The van der Waals surface area contributed by atoms with Crippen molar-refractivity contribution in [1.29, 1.82) is 0 Å². The first-order valence-corrected chi connectivity index (χ1v) is 9.04. The molecule has 1 aromatic carbocycles. The van der Waals surface area contributed by atoms with Crippen molar-refractivity contribution in [3.8, 4) is 0 Å². The highest BCUT2D eigenvalue weighted by Crippen LogP contribution is 2.23. The molecule has 1 saturated heterocycles. The first-order valence-electron chi connectivity index (χ1n) is 9.04. The second kappa shape index (κ2) is 7.35. The molecule has 1 aliphatic rings. The molecule has 1 amide bonds. The molecule has 1 aromatic heterocycles. The molecule has 26 heavy (non-hydrogen) atoms. The van der Waals surface area contributed by atoms with Gasteiger partial charge in [-0.1, -0.05) is 0 Å². The van der Waals surface area contributed by atoms with Gasteiger partial charge in [0.25, 0.3) is 0 Å². The van der Waals surface area contributed by atoms with E-state index in [9.17, 15) is 4.79 Å². The van der Waals surface area contributed by atoms with E-state index in [-0.39, 0.29) is 6.09 Å². The number of anilines is 2. The van der Waals surface area contributed by atoms with E-state index in [2.05, 4.69) is 15.2 Å². The number of nitrogens with one attached hydrogen (secondary N) is 1. The highest BCUT2D eigenvalue weighted by molar-refractivity contribution is 5.79. The summed E-state index contributed by atoms with van der Waals surface area (Å²) < 4.78 is 5.30. The van der Waals surface area contributed by atoms with Crippen LogP contribution in [-0.4, -0.2) is 41.3 Å². The van der Waals surface area contributed by atoms with Crippen molar-refractivity contribution >= 4 is 28.6 Å². The third-order valence-electron chi connectivity index (χ3n) is 4.33. The Kier molecular flexibility index (Phi) is 5.15. The van der Waals surface area contributed by atoms with Crippen LogP contribution in [-0.2, 0) is 4.74 Å². The summed E-state index contributed by atoms with van der Waals surface area (Å²) in [5.41, 5.74) is 7.64. The second-order valence-corrected chi connectivity index (χ2v) is 7.81. The second-order valence-electron chi connectivity index (χ2n) is 7.81. The summed E-state index contributed by atoms with van der Waals surface area (Å²) in [7, 11) is 0. The summed E-state index contributed by atoms with van der Waals surface area (Å²) in [4.78, 5) is 23.3. The normalized spacial score (nSPS) is 18.0. The lowest BCUT2D eigenvalue weighted by Gasteiger charge is -2.33. The molecule has 0 aliphatic carbocycles. The van der Waals surface area contributed by atoms with E-state index >= 15 is 0 Å². The van der Waals surface area contributed by atoms with Crippen LogP contribution in [0, 0.1) is 5.92 Å². The van der Waals surface area contributed by atoms with Gasteiger partial charge in [-0.25, -0.2) is 9.78 Å². The molecule has 0 saturated carbocycles. The van der Waals surface area contributed by atoms with Crippen molar-refractivity contribution in [3.05, 3.63) is 24.4 Å². The average molecular weight is 357 g/mol. The van der Waals surface area contributed by atoms with Gasteiger partial charge < -0.3 is 20.7 Å². The number of rotatable bonds is 3. The third-order valence-corrected chi connectivity index (χ3v) is 4.33. The largest absolute Gasteiger partial charge is 0.444 e. The smallest absolute Gasteiger partial charge is 0.407 e. The first kappa shape index (κ1) is 18.2. The van der Waals surface area contributed by atoms with E-state index in [1.165, 1.54) is 0 Å². The van der Waals surface area contributed by atoms with E-state index < -0.39 is 5.60 Å². The number of nitrogens with zero attached hydrogens (tertiary/aromatic N) is 3. The van der Waals surface area contributed by atoms with Crippen molar-refractivity contribution in [1.82, 2.24) is 15.3 Å². The molecule has 0 spiro atoms. The maximum atomic E-state index is 11.8. The van der Waals surface area contributed by atoms with E-state index in [4.69, 9.17) is 15.5 Å². The van der Waals surface area contributed by atoms with Gasteiger partial charge in [-0.2, -0.15) is 0 Å². The van der Waals surface area contributed by atoms with Gasteiger partial charge in [-0.05, 0) is 57.7 Å². The van der Waals surface area contributed by atoms with Crippen LogP contribution in [0.2, 0.25) is 0 Å². The Morgan fingerprint density at radius 1 is 1.38 bits per heavy atom. The molecule has 1 aliphatic heterocycles. The fourth-order valence-electron chi connectivity index (χ4n) is 3.15. The number of hydrogen-bond acceptors (Lipinski definition) is 6. The zero-order valence-corrected chi connectivity index (χ0v) is 15.7. The quantitative estimate of drug-likeness (QED) is 0.820. The van der Waals surface area contributed by atoms with Crippen molar-refractivity contribution in [2.75, 3.05) is 30.3 Å². The maximum absolute atomic E-state index is 11.8. The van der Waals surface area contributed by atoms with Crippen LogP contribution in [0.4, 0.5) is 16.3 Å². The Balaban J connectivity index is 1.61. The molecule has 7 heteroatoms. The lowest BCUT2D eigenvalue weighted by molar-refractivity contribution is 0.0517. The van der Waals surface area contributed by atoms with Gasteiger partial charge in [-0.15, -0.1) is 0 Å². The monoisotopic (exact) mass is 357 g/mol. The molecule has 2 heterocycles. The molecule has 3 rings (SSSR count). The highest BCUT2D eigenvalue weighted by Gasteiger charge is 2.23. The third kappa shape index (κ3) is 4.74. The van der Waals surface area contributed by atoms with Crippen molar-refractivity contribution in [2.45, 2.75) is 39.2 Å². The predicted octanol–water partition coefficient (Wildman–Crippen LogP) is 2.95. The van der Waals surface area contributed by atoms with Crippen LogP contribution in [0.25, 0.3) is 11.0 Å². The van der Waals surface area contributed by atoms with Crippen molar-refractivity contribution < 1.29 is 9.53 Å². The van der Waals surface area contributed by atoms with Gasteiger partial charge >= 0.3 is 6.09 Å². The van der Waals surface area contributed by atoms with Crippen LogP contribution < -0.4 is 16.0 Å². The number of alkyl carbamates (subject to hydrolysis) is 1. The minimum absolute atomic E-state index is 0.361. The number of amides is 1. The number of carbonyl (C=O) groups excluding carboxylic acids is 1. The maximum Gasteiger partial charge on any atom is 0.407 e. The number of aromatic nitrogens is 2. The molecule has 7 nitrogen and oxygen atoms in total. The molecular weight excluding hydrogens is 330 g/mol. The first-order chi connectivity index (χ1) is 12.3. The van der Waals surface area contributed by atoms with Gasteiger partial charge in [0.05, 0.1) is 17.2 Å². The molecule has 140 valence electrons.